The molecule has 1 unspecified atom stereocenters. The SMILES string of the molecule is COc1ccc(Cn2c(N3CCC[C@@H]3C(F)(F)F)nc3sc([S+](C)[O-])nc3c2=O)cc1. The summed E-state index contributed by atoms with van der Waals surface area (Å²) in [6.45, 7) is 0.153. The van der Waals surface area contributed by atoms with Crippen LogP contribution in [0.5, 0.6) is 5.75 Å². The number of hydrogen-bond acceptors (Lipinski definition) is 7. The molecule has 166 valence electrons. The van der Waals surface area contributed by atoms with Crippen LogP contribution >= 0.6 is 11.3 Å². The predicted molar refractivity (Wildman–Crippen MR) is 113 cm³/mol. The molecule has 0 aliphatic carbocycles. The van der Waals surface area contributed by atoms with E-state index in [9.17, 15) is 22.5 Å². The molecule has 1 aromatic carbocycles. The number of fused-ring (bicyclic) bond motifs is 1. The summed E-state index contributed by atoms with van der Waals surface area (Å²) in [6, 6.07) is 5.17. The lowest BCUT2D eigenvalue weighted by atomic mass is 10.2. The maximum absolute atomic E-state index is 13.6. The van der Waals surface area contributed by atoms with Gasteiger partial charge in [-0.2, -0.15) is 18.2 Å². The van der Waals surface area contributed by atoms with Gasteiger partial charge < -0.3 is 14.2 Å². The largest absolute Gasteiger partial charge is 0.610 e. The summed E-state index contributed by atoms with van der Waals surface area (Å²) in [6.07, 6.45) is -2.74. The van der Waals surface area contributed by atoms with E-state index < -0.39 is 29.0 Å². The van der Waals surface area contributed by atoms with Crippen molar-refractivity contribution >= 4 is 38.8 Å². The molecule has 4 rings (SSSR count). The number of anilines is 1. The molecule has 2 atom stereocenters. The molecule has 12 heteroatoms. The van der Waals surface area contributed by atoms with E-state index in [0.717, 1.165) is 16.2 Å². The van der Waals surface area contributed by atoms with Crippen LogP contribution in [0.3, 0.4) is 0 Å². The van der Waals surface area contributed by atoms with Gasteiger partial charge in [-0.15, -0.1) is 0 Å². The second-order valence-corrected chi connectivity index (χ2v) is 9.66. The lowest BCUT2D eigenvalue weighted by Crippen LogP contribution is -2.44. The molecule has 1 saturated heterocycles. The number of benzene rings is 1. The highest BCUT2D eigenvalue weighted by atomic mass is 32.2. The minimum atomic E-state index is -4.45. The molecule has 1 aliphatic rings. The first-order chi connectivity index (χ1) is 14.7. The Morgan fingerprint density at radius 2 is 2.00 bits per heavy atom. The van der Waals surface area contributed by atoms with Gasteiger partial charge in [-0.3, -0.25) is 9.36 Å². The van der Waals surface area contributed by atoms with Crippen molar-refractivity contribution in [1.29, 1.82) is 0 Å². The molecule has 0 bridgehead atoms. The molecule has 0 spiro atoms. The van der Waals surface area contributed by atoms with Crippen molar-refractivity contribution in [2.75, 3.05) is 24.8 Å². The molecular formula is C19H19F3N4O3S2. The zero-order valence-electron chi connectivity index (χ0n) is 16.7. The molecule has 3 heterocycles. The van der Waals surface area contributed by atoms with Crippen LogP contribution in [0.4, 0.5) is 19.1 Å². The fraction of sp³-hybridized carbons (Fsp3) is 0.421. The van der Waals surface area contributed by atoms with Gasteiger partial charge in [0.05, 0.1) is 13.7 Å². The molecule has 0 saturated carbocycles. The number of rotatable bonds is 5. The van der Waals surface area contributed by atoms with E-state index >= 15 is 0 Å². The third-order valence-electron chi connectivity index (χ3n) is 5.11. The third-order valence-corrected chi connectivity index (χ3v) is 7.39. The number of alkyl halides is 3. The van der Waals surface area contributed by atoms with Gasteiger partial charge >= 0.3 is 10.5 Å². The third kappa shape index (κ3) is 4.23. The second-order valence-electron chi connectivity index (χ2n) is 7.13. The van der Waals surface area contributed by atoms with Gasteiger partial charge in [-0.25, -0.2) is 4.98 Å². The van der Waals surface area contributed by atoms with Crippen molar-refractivity contribution in [2.24, 2.45) is 0 Å². The fourth-order valence-electron chi connectivity index (χ4n) is 3.62. The first-order valence-corrected chi connectivity index (χ1v) is 11.8. The average Bonchev–Trinajstić information content (AvgIpc) is 3.37. The van der Waals surface area contributed by atoms with Gasteiger partial charge in [0.15, 0.2) is 10.3 Å². The molecule has 3 aromatic rings. The van der Waals surface area contributed by atoms with E-state index in [1.165, 1.54) is 17.9 Å². The fourth-order valence-corrected chi connectivity index (χ4v) is 5.21. The van der Waals surface area contributed by atoms with E-state index in [4.69, 9.17) is 4.74 Å². The molecule has 2 aromatic heterocycles. The van der Waals surface area contributed by atoms with Crippen molar-refractivity contribution in [1.82, 2.24) is 14.5 Å². The number of hydrogen-bond donors (Lipinski definition) is 0. The Morgan fingerprint density at radius 3 is 2.61 bits per heavy atom. The molecule has 31 heavy (non-hydrogen) atoms. The van der Waals surface area contributed by atoms with Crippen molar-refractivity contribution in [3.05, 3.63) is 40.2 Å². The quantitative estimate of drug-likeness (QED) is 0.531. The van der Waals surface area contributed by atoms with Crippen LogP contribution in [-0.2, 0) is 17.7 Å². The number of nitrogens with zero attached hydrogens (tertiary/aromatic N) is 4. The van der Waals surface area contributed by atoms with Crippen molar-refractivity contribution in [2.45, 2.75) is 35.9 Å². The molecule has 1 fully saturated rings. The van der Waals surface area contributed by atoms with E-state index in [2.05, 4.69) is 9.97 Å². The highest BCUT2D eigenvalue weighted by molar-refractivity contribution is 7.92. The molecule has 0 amide bonds. The average molecular weight is 473 g/mol. The van der Waals surface area contributed by atoms with E-state index in [0.29, 0.717) is 17.7 Å². The molecule has 0 N–H and O–H groups in total. The van der Waals surface area contributed by atoms with Crippen LogP contribution in [0, 0.1) is 0 Å². The second kappa shape index (κ2) is 8.32. The number of ether oxygens (including phenoxy) is 1. The number of thiazole rings is 1. The molecule has 7 nitrogen and oxygen atoms in total. The van der Waals surface area contributed by atoms with Crippen LogP contribution in [0.1, 0.15) is 18.4 Å². The van der Waals surface area contributed by atoms with Gasteiger partial charge in [0, 0.05) is 17.7 Å². The summed E-state index contributed by atoms with van der Waals surface area (Å²) in [5.41, 5.74) is 0.148. The lowest BCUT2D eigenvalue weighted by molar-refractivity contribution is -0.146. The lowest BCUT2D eigenvalue weighted by Gasteiger charge is -2.29. The summed E-state index contributed by atoms with van der Waals surface area (Å²) >= 11 is -0.475. The summed E-state index contributed by atoms with van der Waals surface area (Å²) in [5, 5.41) is 0. The van der Waals surface area contributed by atoms with E-state index in [1.807, 2.05) is 0 Å². The zero-order valence-corrected chi connectivity index (χ0v) is 18.3. The van der Waals surface area contributed by atoms with Crippen LogP contribution in [-0.4, -0.2) is 51.2 Å². The Morgan fingerprint density at radius 1 is 1.29 bits per heavy atom. The van der Waals surface area contributed by atoms with Gasteiger partial charge in [0.25, 0.3) is 5.56 Å². The predicted octanol–water partition coefficient (Wildman–Crippen LogP) is 3.18. The van der Waals surface area contributed by atoms with Crippen LogP contribution in [0.15, 0.2) is 33.4 Å². The van der Waals surface area contributed by atoms with Crippen molar-refractivity contribution < 1.29 is 22.5 Å². The monoisotopic (exact) mass is 472 g/mol. The highest BCUT2D eigenvalue weighted by Gasteiger charge is 2.47. The normalized spacial score (nSPS) is 18.0. The van der Waals surface area contributed by atoms with Crippen LogP contribution in [0.25, 0.3) is 10.3 Å². The smallest absolute Gasteiger partial charge is 0.408 e. The van der Waals surface area contributed by atoms with Gasteiger partial charge in [0.1, 0.15) is 18.0 Å². The molecule has 1 aliphatic heterocycles. The highest BCUT2D eigenvalue weighted by Crippen LogP contribution is 2.36. The molecular weight excluding hydrogens is 453 g/mol. The maximum Gasteiger partial charge on any atom is 0.408 e. The standard InChI is InChI=1S/C19H19F3N4O3S2/c1-29-12-7-5-11(6-8-12)10-26-16(27)14-15(30-18(23-14)31(2)28)24-17(26)25-9-3-4-13(25)19(20,21)22/h5-8,13H,3-4,9-10H2,1-2H3/t13-,31?/m1/s1. The summed E-state index contributed by atoms with van der Waals surface area (Å²) in [7, 11) is 1.53. The summed E-state index contributed by atoms with van der Waals surface area (Å²) in [5.74, 6) is 0.571. The summed E-state index contributed by atoms with van der Waals surface area (Å²) in [4.78, 5) is 23.1. The Balaban J connectivity index is 1.87. The first kappa shape index (κ1) is 21.9. The Bertz CT molecular complexity index is 1150. The Hall–Kier alpha value is -2.31. The van der Waals surface area contributed by atoms with Crippen molar-refractivity contribution in [3.63, 3.8) is 0 Å². The minimum absolute atomic E-state index is 0.00946. The van der Waals surface area contributed by atoms with Gasteiger partial charge in [-0.1, -0.05) is 12.1 Å². The minimum Gasteiger partial charge on any atom is -0.610 e. The number of aromatic nitrogens is 3. The Kier molecular flexibility index (Phi) is 5.88. The van der Waals surface area contributed by atoms with Gasteiger partial charge in [0.2, 0.25) is 5.95 Å². The maximum atomic E-state index is 13.6. The van der Waals surface area contributed by atoms with Crippen molar-refractivity contribution in [3.8, 4) is 5.75 Å². The number of methoxy groups -OCH3 is 1. The van der Waals surface area contributed by atoms with E-state index in [-0.39, 0.29) is 40.1 Å². The number of halogens is 3. The summed E-state index contributed by atoms with van der Waals surface area (Å²) < 4.78 is 59.3. The van der Waals surface area contributed by atoms with Crippen LogP contribution in [0.2, 0.25) is 0 Å². The van der Waals surface area contributed by atoms with Crippen LogP contribution < -0.4 is 15.2 Å². The zero-order chi connectivity index (χ0) is 22.3. The topological polar surface area (TPSA) is 83.3 Å². The molecule has 0 radical (unpaired) electrons. The van der Waals surface area contributed by atoms with E-state index in [1.54, 1.807) is 24.3 Å². The Labute approximate surface area is 182 Å². The van der Waals surface area contributed by atoms with Gasteiger partial charge in [-0.05, 0) is 41.9 Å². The first-order valence-electron chi connectivity index (χ1n) is 9.40.